The summed E-state index contributed by atoms with van der Waals surface area (Å²) in [5, 5.41) is 0. The van der Waals surface area contributed by atoms with E-state index in [0.29, 0.717) is 12.2 Å². The molecule has 1 aliphatic heterocycles. The summed E-state index contributed by atoms with van der Waals surface area (Å²) in [6.07, 6.45) is 10.8. The Balaban J connectivity index is 1.26. The molecular formula is C36H41NO7. The first-order valence-electron chi connectivity index (χ1n) is 15.6. The first kappa shape index (κ1) is 32.5. The van der Waals surface area contributed by atoms with Gasteiger partial charge in [-0.15, -0.1) is 0 Å². The van der Waals surface area contributed by atoms with E-state index in [1.165, 1.54) is 63.1 Å². The zero-order valence-electron chi connectivity index (χ0n) is 25.6. The van der Waals surface area contributed by atoms with E-state index in [1.807, 2.05) is 43.3 Å². The van der Waals surface area contributed by atoms with Crippen molar-refractivity contribution in [1.29, 1.82) is 0 Å². The van der Waals surface area contributed by atoms with Crippen LogP contribution in [0.15, 0.2) is 66.7 Å². The van der Waals surface area contributed by atoms with Crippen LogP contribution in [0.2, 0.25) is 0 Å². The molecule has 3 aromatic rings. The largest absolute Gasteiger partial charge is 0.494 e. The molecule has 1 heterocycles. The maximum absolute atomic E-state index is 12.8. The molecule has 4 rings (SSSR count). The van der Waals surface area contributed by atoms with Crippen molar-refractivity contribution in [3.8, 4) is 22.6 Å². The second-order valence-corrected chi connectivity index (χ2v) is 10.9. The number of ether oxygens (including phenoxy) is 3. The summed E-state index contributed by atoms with van der Waals surface area (Å²) < 4.78 is 16.4. The summed E-state index contributed by atoms with van der Waals surface area (Å²) >= 11 is 0. The van der Waals surface area contributed by atoms with Crippen LogP contribution < -0.4 is 9.47 Å². The number of hydrogen-bond donors (Lipinski definition) is 0. The van der Waals surface area contributed by atoms with Gasteiger partial charge in [-0.25, -0.2) is 4.79 Å². The Hall–Kier alpha value is -4.46. The number of esters is 2. The van der Waals surface area contributed by atoms with Crippen molar-refractivity contribution in [2.24, 2.45) is 0 Å². The average Bonchev–Trinajstić information content (AvgIpc) is 3.27. The van der Waals surface area contributed by atoms with E-state index in [0.717, 1.165) is 34.8 Å². The highest BCUT2D eigenvalue weighted by atomic mass is 16.5. The first-order valence-corrected chi connectivity index (χ1v) is 15.6. The molecule has 8 heteroatoms. The average molecular weight is 600 g/mol. The zero-order chi connectivity index (χ0) is 31.3. The predicted molar refractivity (Wildman–Crippen MR) is 168 cm³/mol. The molecule has 0 fully saturated rings. The highest BCUT2D eigenvalue weighted by Gasteiger charge is 2.37. The molecule has 2 amide bonds. The highest BCUT2D eigenvalue weighted by Crippen LogP contribution is 2.27. The van der Waals surface area contributed by atoms with Crippen molar-refractivity contribution in [3.05, 3.63) is 83.4 Å². The van der Waals surface area contributed by atoms with Gasteiger partial charge in [-0.3, -0.25) is 19.3 Å². The van der Waals surface area contributed by atoms with Gasteiger partial charge in [-0.1, -0.05) is 83.1 Å². The first-order chi connectivity index (χ1) is 21.4. The smallest absolute Gasteiger partial charge is 0.343 e. The Morgan fingerprint density at radius 3 is 1.86 bits per heavy atom. The summed E-state index contributed by atoms with van der Waals surface area (Å²) in [7, 11) is 0. The minimum absolute atomic E-state index is 0.0494. The second kappa shape index (κ2) is 16.4. The van der Waals surface area contributed by atoms with E-state index in [2.05, 4.69) is 6.92 Å². The lowest BCUT2D eigenvalue weighted by atomic mass is 10.1. The molecule has 0 aliphatic carbocycles. The van der Waals surface area contributed by atoms with Gasteiger partial charge in [-0.2, -0.15) is 0 Å². The normalized spacial score (nSPS) is 12.3. The van der Waals surface area contributed by atoms with Crippen LogP contribution in [0.1, 0.15) is 103 Å². The van der Waals surface area contributed by atoms with E-state index in [1.54, 1.807) is 12.1 Å². The van der Waals surface area contributed by atoms with Crippen LogP contribution in [0.4, 0.5) is 0 Å². The number of amides is 2. The lowest BCUT2D eigenvalue weighted by Gasteiger charge is -2.12. The lowest BCUT2D eigenvalue weighted by Crippen LogP contribution is -2.35. The Kier molecular flexibility index (Phi) is 12.1. The third kappa shape index (κ3) is 8.78. The van der Waals surface area contributed by atoms with Crippen molar-refractivity contribution in [2.75, 3.05) is 19.8 Å². The number of hydrogen-bond acceptors (Lipinski definition) is 7. The van der Waals surface area contributed by atoms with Gasteiger partial charge in [0.1, 0.15) is 18.0 Å². The molecule has 0 unspecified atom stereocenters. The molecule has 0 saturated carbocycles. The summed E-state index contributed by atoms with van der Waals surface area (Å²) in [4.78, 5) is 51.1. The monoisotopic (exact) mass is 599 g/mol. The van der Waals surface area contributed by atoms with E-state index in [4.69, 9.17) is 14.2 Å². The van der Waals surface area contributed by atoms with E-state index in [-0.39, 0.29) is 23.3 Å². The molecule has 44 heavy (non-hydrogen) atoms. The predicted octanol–water partition coefficient (Wildman–Crippen LogP) is 7.64. The van der Waals surface area contributed by atoms with Crippen LogP contribution in [0, 0.1) is 0 Å². The van der Waals surface area contributed by atoms with Gasteiger partial charge in [0.05, 0.1) is 29.9 Å². The van der Waals surface area contributed by atoms with Crippen LogP contribution in [-0.2, 0) is 9.53 Å². The Morgan fingerprint density at radius 1 is 0.636 bits per heavy atom. The van der Waals surface area contributed by atoms with Gasteiger partial charge in [0.15, 0.2) is 0 Å². The molecule has 0 spiro atoms. The number of carbonyl (C=O) groups is 4. The van der Waals surface area contributed by atoms with Crippen LogP contribution >= 0.6 is 0 Å². The molecule has 3 aromatic carbocycles. The minimum Gasteiger partial charge on any atom is -0.494 e. The SMILES string of the molecule is CCCCCCCCCCOc1ccc(-c2ccc(OC(=O)c3ccc4c(c3)C(=O)N(CC(=O)OCCC)C4=O)cc2)cc1. The van der Waals surface area contributed by atoms with Gasteiger partial charge in [-0.05, 0) is 66.4 Å². The van der Waals surface area contributed by atoms with E-state index in [9.17, 15) is 19.2 Å². The molecule has 0 atom stereocenters. The van der Waals surface area contributed by atoms with Crippen molar-refractivity contribution in [2.45, 2.75) is 71.6 Å². The van der Waals surface area contributed by atoms with E-state index >= 15 is 0 Å². The topological polar surface area (TPSA) is 99.2 Å². The fourth-order valence-electron chi connectivity index (χ4n) is 5.00. The number of carbonyl (C=O) groups excluding carboxylic acids is 4. The molecular weight excluding hydrogens is 558 g/mol. The van der Waals surface area contributed by atoms with Crippen LogP contribution in [0.5, 0.6) is 11.5 Å². The molecule has 0 bridgehead atoms. The van der Waals surface area contributed by atoms with Crippen molar-refractivity contribution < 1.29 is 33.4 Å². The number of fused-ring (bicyclic) bond motifs is 1. The summed E-state index contributed by atoms with van der Waals surface area (Å²) in [5.41, 5.74) is 2.26. The van der Waals surface area contributed by atoms with Crippen molar-refractivity contribution >= 4 is 23.8 Å². The molecule has 1 aliphatic rings. The third-order valence-electron chi connectivity index (χ3n) is 7.48. The van der Waals surface area contributed by atoms with Gasteiger partial charge in [0.2, 0.25) is 0 Å². The van der Waals surface area contributed by atoms with Gasteiger partial charge in [0.25, 0.3) is 11.8 Å². The van der Waals surface area contributed by atoms with Gasteiger partial charge >= 0.3 is 11.9 Å². The van der Waals surface area contributed by atoms with Crippen LogP contribution in [-0.4, -0.2) is 48.4 Å². The Morgan fingerprint density at radius 2 is 1.23 bits per heavy atom. The van der Waals surface area contributed by atoms with Gasteiger partial charge in [0, 0.05) is 0 Å². The van der Waals surface area contributed by atoms with Crippen molar-refractivity contribution in [1.82, 2.24) is 4.90 Å². The maximum atomic E-state index is 12.8. The molecule has 0 N–H and O–H groups in total. The number of imide groups is 1. The standard InChI is InChI=1S/C36H41NO7/c1-3-5-6-7-8-9-10-11-23-42-29-17-12-26(13-18-29)27-14-19-30(20-15-27)44-36(41)28-16-21-31-32(24-28)35(40)37(34(31)39)25-33(38)43-22-4-2/h12-21,24H,3-11,22-23,25H2,1-2H3. The quantitative estimate of drug-likeness (QED) is 0.0680. The second-order valence-electron chi connectivity index (χ2n) is 10.9. The summed E-state index contributed by atoms with van der Waals surface area (Å²) in [6, 6.07) is 19.2. The molecule has 232 valence electrons. The summed E-state index contributed by atoms with van der Waals surface area (Å²) in [6.45, 7) is 4.53. The van der Waals surface area contributed by atoms with Crippen LogP contribution in [0.3, 0.4) is 0 Å². The van der Waals surface area contributed by atoms with Crippen LogP contribution in [0.25, 0.3) is 11.1 Å². The zero-order valence-corrected chi connectivity index (χ0v) is 25.6. The number of unbranched alkanes of at least 4 members (excludes halogenated alkanes) is 7. The lowest BCUT2D eigenvalue weighted by molar-refractivity contribution is -0.143. The number of nitrogens with zero attached hydrogens (tertiary/aromatic N) is 1. The van der Waals surface area contributed by atoms with E-state index < -0.39 is 30.3 Å². The van der Waals surface area contributed by atoms with Gasteiger partial charge < -0.3 is 14.2 Å². The maximum Gasteiger partial charge on any atom is 0.343 e. The molecule has 0 radical (unpaired) electrons. The Labute approximate surface area is 259 Å². The molecule has 0 saturated heterocycles. The number of benzene rings is 3. The minimum atomic E-state index is -0.667. The molecule has 8 nitrogen and oxygen atoms in total. The molecule has 0 aromatic heterocycles. The fourth-order valence-corrected chi connectivity index (χ4v) is 5.00. The number of rotatable bonds is 17. The summed E-state index contributed by atoms with van der Waals surface area (Å²) in [5.74, 6) is -1.40. The fraction of sp³-hybridized carbons (Fsp3) is 0.389. The Bertz CT molecular complexity index is 1430. The highest BCUT2D eigenvalue weighted by molar-refractivity contribution is 6.22. The van der Waals surface area contributed by atoms with Crippen molar-refractivity contribution in [3.63, 3.8) is 0 Å². The third-order valence-corrected chi connectivity index (χ3v) is 7.48.